The molecule has 9 nitrogen and oxygen atoms in total. The summed E-state index contributed by atoms with van der Waals surface area (Å²) in [4.78, 5) is 18.2. The minimum atomic E-state index is -0.909. The van der Waals surface area contributed by atoms with E-state index in [1.165, 1.54) is 42.6 Å². The number of hydrazine groups is 1. The van der Waals surface area contributed by atoms with Crippen molar-refractivity contribution in [1.82, 2.24) is 9.99 Å². The van der Waals surface area contributed by atoms with Crippen molar-refractivity contribution in [3.05, 3.63) is 62.9 Å². The molecule has 1 unspecified atom stereocenters. The second-order valence-electron chi connectivity index (χ2n) is 7.45. The van der Waals surface area contributed by atoms with E-state index < -0.39 is 11.9 Å². The number of pyridine rings is 1. The highest BCUT2D eigenvalue weighted by molar-refractivity contribution is 7.13. The number of nitriles is 1. The van der Waals surface area contributed by atoms with Crippen LogP contribution in [0, 0.1) is 27.5 Å². The van der Waals surface area contributed by atoms with Gasteiger partial charge in [0.15, 0.2) is 4.87 Å². The molecule has 0 bridgehead atoms. The van der Waals surface area contributed by atoms with E-state index in [1.807, 2.05) is 6.07 Å². The van der Waals surface area contributed by atoms with Crippen molar-refractivity contribution in [2.24, 2.45) is 0 Å². The van der Waals surface area contributed by atoms with Crippen LogP contribution in [0.15, 0.2) is 29.8 Å². The van der Waals surface area contributed by atoms with Gasteiger partial charge in [-0.25, -0.2) is 4.39 Å². The van der Waals surface area contributed by atoms with E-state index in [4.69, 9.17) is 21.1 Å². The number of halogens is 1. The van der Waals surface area contributed by atoms with Crippen LogP contribution >= 0.6 is 11.3 Å². The number of nitrogens with two attached hydrogens (primary N) is 1. The lowest BCUT2D eigenvalue weighted by molar-refractivity contribution is -0.638. The number of aliphatic hydroxyl groups excluding tert-OH is 1. The molecule has 0 fully saturated rings. The minimum absolute atomic E-state index is 0.00340. The van der Waals surface area contributed by atoms with Gasteiger partial charge >= 0.3 is 0 Å². The zero-order chi connectivity index (χ0) is 25.0. The van der Waals surface area contributed by atoms with Gasteiger partial charge in [-0.15, -0.1) is 16.3 Å². The second-order valence-corrected chi connectivity index (χ2v) is 8.36. The number of hydrogen-bond acceptors (Lipinski definition) is 8. The first kappa shape index (κ1) is 24.8. The standard InChI is InChI=1S/C23H24FN6O3S/c1-4-33-19-7-16(6-18(24)21(19)20-5-14(8-25)12-34-20)30(32)29(3)11-15-10-28-23(13(2)31)17(9-26)22(15)27/h5-7,9-10,12-13,26,31H,4,11H2,1-3H3,(H2,27,28)/q+1. The third kappa shape index (κ3) is 4.88. The number of anilines is 1. The van der Waals surface area contributed by atoms with Crippen molar-refractivity contribution in [1.29, 1.82) is 10.7 Å². The van der Waals surface area contributed by atoms with Crippen LogP contribution in [0.2, 0.25) is 0 Å². The van der Waals surface area contributed by atoms with Gasteiger partial charge in [0.1, 0.15) is 24.2 Å². The SMILES string of the molecule is CCOc1cc([N+](=O)N(C)Cc2cnc(C(C)O)c(C=N)c2N)cc(F)c1-c1cc(C#N)cs1. The maximum Gasteiger partial charge on any atom is 0.298 e. The molecular formula is C23H24FN6O3S+. The molecule has 3 rings (SSSR count). The van der Waals surface area contributed by atoms with E-state index >= 15 is 4.39 Å². The Balaban J connectivity index is 1.94. The van der Waals surface area contributed by atoms with Crippen molar-refractivity contribution >= 4 is 28.9 Å². The van der Waals surface area contributed by atoms with E-state index in [0.29, 0.717) is 20.9 Å². The van der Waals surface area contributed by atoms with Crippen molar-refractivity contribution in [2.75, 3.05) is 19.4 Å². The Morgan fingerprint density at radius 1 is 1.47 bits per heavy atom. The molecule has 2 heterocycles. The smallest absolute Gasteiger partial charge is 0.298 e. The van der Waals surface area contributed by atoms with Crippen LogP contribution in [0.1, 0.15) is 42.3 Å². The molecule has 2 aromatic heterocycles. The Hall–Kier alpha value is -3.88. The van der Waals surface area contributed by atoms with Crippen molar-refractivity contribution in [3.63, 3.8) is 0 Å². The van der Waals surface area contributed by atoms with Crippen LogP contribution in [0.3, 0.4) is 0 Å². The summed E-state index contributed by atoms with van der Waals surface area (Å²) in [5.74, 6) is -0.471. The van der Waals surface area contributed by atoms with Gasteiger partial charge in [0.2, 0.25) is 0 Å². The second kappa shape index (κ2) is 10.4. The molecule has 0 aliphatic carbocycles. The highest BCUT2D eigenvalue weighted by Crippen LogP contribution is 2.39. The van der Waals surface area contributed by atoms with Crippen LogP contribution in [0.5, 0.6) is 5.75 Å². The number of rotatable bonds is 9. The van der Waals surface area contributed by atoms with Gasteiger partial charge in [-0.2, -0.15) is 5.26 Å². The van der Waals surface area contributed by atoms with E-state index in [0.717, 1.165) is 12.3 Å². The maximum absolute atomic E-state index is 15.1. The van der Waals surface area contributed by atoms with E-state index in [1.54, 1.807) is 18.4 Å². The summed E-state index contributed by atoms with van der Waals surface area (Å²) < 4.78 is 20.8. The molecule has 0 aliphatic rings. The minimum Gasteiger partial charge on any atom is -0.493 e. The number of thiophene rings is 1. The van der Waals surface area contributed by atoms with Crippen LogP contribution in [0.25, 0.3) is 10.4 Å². The molecule has 0 spiro atoms. The van der Waals surface area contributed by atoms with Gasteiger partial charge in [-0.1, -0.05) is 0 Å². The Bertz CT molecular complexity index is 1280. The number of nitrogens with one attached hydrogen (secondary N) is 1. The molecule has 0 amide bonds. The zero-order valence-corrected chi connectivity index (χ0v) is 19.7. The lowest BCUT2D eigenvalue weighted by Gasteiger charge is -2.16. The molecule has 34 heavy (non-hydrogen) atoms. The number of nitrogens with zero attached hydrogens (tertiary/aromatic N) is 4. The highest BCUT2D eigenvalue weighted by Gasteiger charge is 2.27. The van der Waals surface area contributed by atoms with Crippen LogP contribution in [0.4, 0.5) is 15.8 Å². The quantitative estimate of drug-likeness (QED) is 0.234. The number of nitrogen functional groups attached to an aromatic ring is 1. The average Bonchev–Trinajstić information content (AvgIpc) is 3.28. The summed E-state index contributed by atoms with van der Waals surface area (Å²) in [5, 5.41) is 29.4. The molecule has 0 saturated heterocycles. The van der Waals surface area contributed by atoms with Crippen molar-refractivity contribution in [3.8, 4) is 22.3 Å². The number of ether oxygens (including phenoxy) is 1. The van der Waals surface area contributed by atoms with Crippen LogP contribution < -0.4 is 10.5 Å². The predicted octanol–water partition coefficient (Wildman–Crippen LogP) is 4.31. The molecule has 3 aromatic rings. The molecule has 1 aromatic carbocycles. The number of benzene rings is 1. The molecular weight excluding hydrogens is 459 g/mol. The fraction of sp³-hybridized carbons (Fsp3) is 0.261. The first-order valence-corrected chi connectivity index (χ1v) is 11.2. The third-order valence-corrected chi connectivity index (χ3v) is 6.00. The van der Waals surface area contributed by atoms with Crippen LogP contribution in [-0.2, 0) is 6.54 Å². The fourth-order valence-corrected chi connectivity index (χ4v) is 4.31. The Labute approximate surface area is 199 Å². The van der Waals surface area contributed by atoms with Gasteiger partial charge in [0.25, 0.3) is 5.69 Å². The fourth-order valence-electron chi connectivity index (χ4n) is 3.43. The summed E-state index contributed by atoms with van der Waals surface area (Å²) in [6, 6.07) is 6.13. The van der Waals surface area contributed by atoms with Crippen molar-refractivity contribution in [2.45, 2.75) is 26.5 Å². The zero-order valence-electron chi connectivity index (χ0n) is 18.9. The molecule has 0 saturated carbocycles. The monoisotopic (exact) mass is 483 g/mol. The summed E-state index contributed by atoms with van der Waals surface area (Å²) >= 11 is 1.21. The lowest BCUT2D eigenvalue weighted by Crippen LogP contribution is -2.26. The Kier molecular flexibility index (Phi) is 7.55. The molecule has 0 aliphatic heterocycles. The first-order chi connectivity index (χ1) is 16.2. The summed E-state index contributed by atoms with van der Waals surface area (Å²) in [6.45, 7) is 3.54. The number of aliphatic hydroxyl groups is 1. The first-order valence-electron chi connectivity index (χ1n) is 10.3. The molecule has 11 heteroatoms. The highest BCUT2D eigenvalue weighted by atomic mass is 32.1. The van der Waals surface area contributed by atoms with E-state index in [2.05, 4.69) is 4.98 Å². The Morgan fingerprint density at radius 2 is 2.21 bits per heavy atom. The van der Waals surface area contributed by atoms with E-state index in [-0.39, 0.29) is 47.1 Å². The molecule has 176 valence electrons. The van der Waals surface area contributed by atoms with Crippen LogP contribution in [-0.4, -0.2) is 39.8 Å². The normalized spacial score (nSPS) is 11.5. The van der Waals surface area contributed by atoms with Gasteiger partial charge in [-0.3, -0.25) is 4.98 Å². The maximum atomic E-state index is 15.1. The molecule has 1 atom stereocenters. The summed E-state index contributed by atoms with van der Waals surface area (Å²) in [6.07, 6.45) is 1.54. The van der Waals surface area contributed by atoms with Gasteiger partial charge in [0.05, 0.1) is 53.6 Å². The van der Waals surface area contributed by atoms with E-state index in [9.17, 15) is 10.0 Å². The Morgan fingerprint density at radius 3 is 2.79 bits per heavy atom. The lowest BCUT2D eigenvalue weighted by atomic mass is 10.1. The van der Waals surface area contributed by atoms with Gasteiger partial charge < -0.3 is 21.0 Å². The number of nitroso groups, excluding NO2 is 1. The molecule has 4 N–H and O–H groups in total. The topological polar surface area (TPSA) is 139 Å². The van der Waals surface area contributed by atoms with Gasteiger partial charge in [0, 0.05) is 39.5 Å². The molecule has 0 radical (unpaired) electrons. The van der Waals surface area contributed by atoms with Gasteiger partial charge in [-0.05, 0) is 19.9 Å². The summed E-state index contributed by atoms with van der Waals surface area (Å²) in [5.41, 5.74) is 7.99. The van der Waals surface area contributed by atoms with Crippen molar-refractivity contribution < 1.29 is 19.1 Å². The summed E-state index contributed by atoms with van der Waals surface area (Å²) in [7, 11) is 1.50. The largest absolute Gasteiger partial charge is 0.493 e. The number of aromatic nitrogens is 1. The number of hydrogen-bond donors (Lipinski definition) is 3. The predicted molar refractivity (Wildman–Crippen MR) is 128 cm³/mol. The third-order valence-electron chi connectivity index (χ3n) is 5.06. The average molecular weight is 484 g/mol.